The summed E-state index contributed by atoms with van der Waals surface area (Å²) >= 11 is 0. The highest BCUT2D eigenvalue weighted by atomic mass is 32.2. The van der Waals surface area contributed by atoms with Gasteiger partial charge in [-0.05, 0) is 46.1 Å². The Morgan fingerprint density at radius 2 is 1.88 bits per heavy atom. The zero-order valence-corrected chi connectivity index (χ0v) is 18.0. The van der Waals surface area contributed by atoms with Crippen molar-refractivity contribution in [3.63, 3.8) is 0 Å². The molecule has 3 atom stereocenters. The summed E-state index contributed by atoms with van der Waals surface area (Å²) in [7, 11) is 1.57. The maximum absolute atomic E-state index is 12.2. The van der Waals surface area contributed by atoms with Gasteiger partial charge in [0.25, 0.3) is 0 Å². The van der Waals surface area contributed by atoms with Gasteiger partial charge in [0, 0.05) is 47.0 Å². The Labute approximate surface area is 163 Å². The molecule has 0 aromatic carbocycles. The van der Waals surface area contributed by atoms with E-state index in [4.69, 9.17) is 4.99 Å². The number of likely N-dealkylation sites (N-methyl/N-ethyl adjacent to an activating group) is 1. The first-order chi connectivity index (χ1) is 12.6. The van der Waals surface area contributed by atoms with E-state index in [9.17, 15) is 4.21 Å². The maximum atomic E-state index is 12.2. The lowest BCUT2D eigenvalue weighted by atomic mass is 9.94. The average Bonchev–Trinajstić information content (AvgIpc) is 2.68. The van der Waals surface area contributed by atoms with Crippen molar-refractivity contribution in [2.75, 3.05) is 32.4 Å². The summed E-state index contributed by atoms with van der Waals surface area (Å²) in [6, 6.07) is 1.15. The van der Waals surface area contributed by atoms with Crippen LogP contribution >= 0.6 is 0 Å². The molecular formula is C20H40N4OS. The van der Waals surface area contributed by atoms with Gasteiger partial charge in [-0.25, -0.2) is 0 Å². The van der Waals surface area contributed by atoms with Gasteiger partial charge in [0.15, 0.2) is 5.96 Å². The largest absolute Gasteiger partial charge is 0.357 e. The van der Waals surface area contributed by atoms with Crippen LogP contribution in [0.4, 0.5) is 0 Å². The standard InChI is InChI=1S/C20H40N4OS/c1-4-21-20(22-14-15-24(3)18-11-7-6-8-12-18)23-17-10-9-13-19(16-17)26(25)5-2/h17-19H,4-16H2,1-3H3,(H2,21,22,23). The molecule has 2 fully saturated rings. The topological polar surface area (TPSA) is 56.7 Å². The van der Waals surface area contributed by atoms with Crippen LogP contribution in [0.2, 0.25) is 0 Å². The van der Waals surface area contributed by atoms with E-state index >= 15 is 0 Å². The molecule has 2 aliphatic carbocycles. The van der Waals surface area contributed by atoms with Gasteiger partial charge in [-0.2, -0.15) is 0 Å². The van der Waals surface area contributed by atoms with Crippen LogP contribution in [0.25, 0.3) is 0 Å². The monoisotopic (exact) mass is 384 g/mol. The third kappa shape index (κ3) is 7.18. The SMILES string of the molecule is CCNC(=NCCN(C)C1CCCCC1)NC1CCCC(S(=O)CC)C1. The first-order valence-corrected chi connectivity index (χ1v) is 12.1. The predicted molar refractivity (Wildman–Crippen MR) is 113 cm³/mol. The van der Waals surface area contributed by atoms with Gasteiger partial charge in [0.1, 0.15) is 0 Å². The Morgan fingerprint density at radius 3 is 2.58 bits per heavy atom. The average molecular weight is 385 g/mol. The molecule has 0 aliphatic heterocycles. The molecule has 152 valence electrons. The van der Waals surface area contributed by atoms with Gasteiger partial charge >= 0.3 is 0 Å². The molecule has 0 saturated heterocycles. The number of guanidine groups is 1. The summed E-state index contributed by atoms with van der Waals surface area (Å²) in [4.78, 5) is 7.30. The van der Waals surface area contributed by atoms with E-state index in [1.807, 2.05) is 6.92 Å². The van der Waals surface area contributed by atoms with Gasteiger partial charge in [-0.15, -0.1) is 0 Å². The van der Waals surface area contributed by atoms with E-state index in [2.05, 4.69) is 29.5 Å². The third-order valence-electron chi connectivity index (χ3n) is 5.89. The molecule has 5 nitrogen and oxygen atoms in total. The molecule has 0 aromatic heterocycles. The van der Waals surface area contributed by atoms with E-state index in [1.54, 1.807) is 0 Å². The summed E-state index contributed by atoms with van der Waals surface area (Å²) in [6.45, 7) is 6.87. The minimum Gasteiger partial charge on any atom is -0.357 e. The Bertz CT molecular complexity index is 451. The summed E-state index contributed by atoms with van der Waals surface area (Å²) in [5, 5.41) is 7.34. The van der Waals surface area contributed by atoms with Crippen molar-refractivity contribution in [3.8, 4) is 0 Å². The minimum atomic E-state index is -0.674. The number of hydrogen-bond acceptors (Lipinski definition) is 3. The van der Waals surface area contributed by atoms with Crippen LogP contribution in [0.5, 0.6) is 0 Å². The number of nitrogens with one attached hydrogen (secondary N) is 2. The molecule has 2 aliphatic rings. The van der Waals surface area contributed by atoms with Gasteiger partial charge in [-0.3, -0.25) is 9.20 Å². The van der Waals surface area contributed by atoms with Gasteiger partial charge in [0.2, 0.25) is 0 Å². The molecule has 2 saturated carbocycles. The molecule has 2 rings (SSSR count). The third-order valence-corrected chi connectivity index (χ3v) is 7.63. The second-order valence-corrected chi connectivity index (χ2v) is 9.84. The van der Waals surface area contributed by atoms with E-state index in [0.29, 0.717) is 11.3 Å². The van der Waals surface area contributed by atoms with Crippen molar-refractivity contribution in [2.45, 2.75) is 89.0 Å². The van der Waals surface area contributed by atoms with Crippen molar-refractivity contribution in [1.29, 1.82) is 0 Å². The van der Waals surface area contributed by atoms with Crippen LogP contribution < -0.4 is 10.6 Å². The normalized spacial score (nSPS) is 26.7. The van der Waals surface area contributed by atoms with Crippen molar-refractivity contribution in [3.05, 3.63) is 0 Å². The number of nitrogens with zero attached hydrogens (tertiary/aromatic N) is 2. The molecule has 0 aromatic rings. The second-order valence-electron chi connectivity index (χ2n) is 7.83. The zero-order chi connectivity index (χ0) is 18.8. The second kappa shape index (κ2) is 12.0. The fourth-order valence-corrected chi connectivity index (χ4v) is 5.64. The van der Waals surface area contributed by atoms with Crippen molar-refractivity contribution in [1.82, 2.24) is 15.5 Å². The van der Waals surface area contributed by atoms with Crippen LogP contribution in [-0.4, -0.2) is 64.8 Å². The lowest BCUT2D eigenvalue weighted by Gasteiger charge is -2.31. The molecule has 3 unspecified atom stereocenters. The zero-order valence-electron chi connectivity index (χ0n) is 17.1. The summed E-state index contributed by atoms with van der Waals surface area (Å²) < 4.78 is 12.2. The summed E-state index contributed by atoms with van der Waals surface area (Å²) in [6.07, 6.45) is 11.3. The van der Waals surface area contributed by atoms with E-state index in [1.165, 1.54) is 32.1 Å². The molecule has 0 bridgehead atoms. The molecule has 26 heavy (non-hydrogen) atoms. The van der Waals surface area contributed by atoms with Gasteiger partial charge < -0.3 is 15.5 Å². The molecule has 2 N–H and O–H groups in total. The highest BCUT2D eigenvalue weighted by Gasteiger charge is 2.26. The molecule has 0 amide bonds. The molecular weight excluding hydrogens is 344 g/mol. The number of aliphatic imine (C=N–C) groups is 1. The van der Waals surface area contributed by atoms with E-state index in [-0.39, 0.29) is 0 Å². The fraction of sp³-hybridized carbons (Fsp3) is 0.950. The number of rotatable bonds is 8. The van der Waals surface area contributed by atoms with Crippen LogP contribution in [0, 0.1) is 0 Å². The van der Waals surface area contributed by atoms with Crippen LogP contribution in [-0.2, 0) is 10.8 Å². The predicted octanol–water partition coefficient (Wildman–Crippen LogP) is 2.89. The molecule has 0 heterocycles. The van der Waals surface area contributed by atoms with Crippen LogP contribution in [0.3, 0.4) is 0 Å². The van der Waals surface area contributed by atoms with Crippen LogP contribution in [0.1, 0.15) is 71.6 Å². The first-order valence-electron chi connectivity index (χ1n) is 10.8. The van der Waals surface area contributed by atoms with Crippen LogP contribution in [0.15, 0.2) is 4.99 Å². The minimum absolute atomic E-state index is 0.353. The first kappa shape index (κ1) is 21.7. The quantitative estimate of drug-likeness (QED) is 0.499. The lowest BCUT2D eigenvalue weighted by molar-refractivity contribution is 0.196. The van der Waals surface area contributed by atoms with E-state index < -0.39 is 10.8 Å². The Hall–Kier alpha value is -0.620. The smallest absolute Gasteiger partial charge is 0.191 e. The van der Waals surface area contributed by atoms with E-state index in [0.717, 1.165) is 63.1 Å². The molecule has 0 radical (unpaired) electrons. The van der Waals surface area contributed by atoms with Gasteiger partial charge in [0.05, 0.1) is 6.54 Å². The molecule has 6 heteroatoms. The fourth-order valence-electron chi connectivity index (χ4n) is 4.29. The number of hydrogen-bond donors (Lipinski definition) is 2. The summed E-state index contributed by atoms with van der Waals surface area (Å²) in [5.41, 5.74) is 0. The Kier molecular flexibility index (Phi) is 9.97. The Morgan fingerprint density at radius 1 is 1.12 bits per heavy atom. The van der Waals surface area contributed by atoms with Crippen molar-refractivity contribution in [2.24, 2.45) is 4.99 Å². The van der Waals surface area contributed by atoms with Crippen molar-refractivity contribution < 1.29 is 4.21 Å². The highest BCUT2D eigenvalue weighted by Crippen LogP contribution is 2.23. The van der Waals surface area contributed by atoms with Gasteiger partial charge in [-0.1, -0.05) is 32.6 Å². The molecule has 0 spiro atoms. The Balaban J connectivity index is 1.80. The summed E-state index contributed by atoms with van der Waals surface area (Å²) in [5.74, 6) is 1.71. The highest BCUT2D eigenvalue weighted by molar-refractivity contribution is 7.85. The lowest BCUT2D eigenvalue weighted by Crippen LogP contribution is -2.47. The maximum Gasteiger partial charge on any atom is 0.191 e. The van der Waals surface area contributed by atoms with Crippen molar-refractivity contribution >= 4 is 16.8 Å².